The average Bonchev–Trinajstić information content (AvgIpc) is 2.86. The van der Waals surface area contributed by atoms with E-state index in [1.54, 1.807) is 18.5 Å². The van der Waals surface area contributed by atoms with Crippen LogP contribution in [0.15, 0.2) is 48.8 Å². The van der Waals surface area contributed by atoms with Crippen molar-refractivity contribution in [2.24, 2.45) is 0 Å². The van der Waals surface area contributed by atoms with Gasteiger partial charge in [-0.2, -0.15) is 0 Å². The monoisotopic (exact) mass is 252 g/mol. The van der Waals surface area contributed by atoms with Crippen LogP contribution in [0.25, 0.3) is 10.9 Å². The molecule has 1 aromatic carbocycles. The van der Waals surface area contributed by atoms with E-state index >= 15 is 0 Å². The molecule has 0 spiro atoms. The Balaban J connectivity index is 1.95. The quantitative estimate of drug-likeness (QED) is 0.654. The lowest BCUT2D eigenvalue weighted by atomic mass is 10.2. The molecule has 3 aromatic rings. The number of aromatic nitrogens is 2. The number of amides is 1. The van der Waals surface area contributed by atoms with E-state index < -0.39 is 0 Å². The summed E-state index contributed by atoms with van der Waals surface area (Å²) in [6, 6.07) is 11.0. The van der Waals surface area contributed by atoms with Gasteiger partial charge in [-0.25, -0.2) is 0 Å². The number of anilines is 2. The summed E-state index contributed by atoms with van der Waals surface area (Å²) in [6.07, 6.45) is 3.28. The van der Waals surface area contributed by atoms with Gasteiger partial charge in [0.1, 0.15) is 5.69 Å². The number of nitrogens with one attached hydrogen (secondary N) is 2. The molecule has 0 aliphatic heterocycles. The highest BCUT2D eigenvalue weighted by molar-refractivity contribution is 6.07. The van der Waals surface area contributed by atoms with Gasteiger partial charge in [-0.3, -0.25) is 9.78 Å². The normalized spacial score (nSPS) is 10.5. The van der Waals surface area contributed by atoms with Crippen LogP contribution in [0.3, 0.4) is 0 Å². The second-order valence-corrected chi connectivity index (χ2v) is 4.18. The van der Waals surface area contributed by atoms with Crippen LogP contribution in [0, 0.1) is 0 Å². The number of carbonyl (C=O) groups is 1. The van der Waals surface area contributed by atoms with Gasteiger partial charge in [0.15, 0.2) is 0 Å². The molecule has 19 heavy (non-hydrogen) atoms. The molecule has 0 fully saturated rings. The lowest BCUT2D eigenvalue weighted by Crippen LogP contribution is -2.12. The number of aromatic amines is 1. The Labute approximate surface area is 109 Å². The summed E-state index contributed by atoms with van der Waals surface area (Å²) in [4.78, 5) is 19.1. The number of rotatable bonds is 2. The van der Waals surface area contributed by atoms with Gasteiger partial charge in [0, 0.05) is 23.5 Å². The Kier molecular flexibility index (Phi) is 2.64. The molecule has 5 nitrogen and oxygen atoms in total. The molecule has 2 heterocycles. The summed E-state index contributed by atoms with van der Waals surface area (Å²) in [6.45, 7) is 0. The number of nitrogen functional groups attached to an aromatic ring is 1. The predicted octanol–water partition coefficient (Wildman–Crippen LogP) is 2.40. The summed E-state index contributed by atoms with van der Waals surface area (Å²) < 4.78 is 0. The number of pyridine rings is 1. The Morgan fingerprint density at radius 2 is 2.11 bits per heavy atom. The first-order chi connectivity index (χ1) is 9.24. The van der Waals surface area contributed by atoms with E-state index in [-0.39, 0.29) is 5.91 Å². The Bertz CT molecular complexity index is 743. The van der Waals surface area contributed by atoms with Crippen molar-refractivity contribution < 1.29 is 4.79 Å². The van der Waals surface area contributed by atoms with Gasteiger partial charge < -0.3 is 16.0 Å². The fraction of sp³-hybridized carbons (Fsp3) is 0. The highest BCUT2D eigenvalue weighted by Gasteiger charge is 2.10. The average molecular weight is 252 g/mol. The molecular formula is C14H12N4O. The topological polar surface area (TPSA) is 83.8 Å². The minimum Gasteiger partial charge on any atom is -0.397 e. The van der Waals surface area contributed by atoms with Gasteiger partial charge >= 0.3 is 0 Å². The van der Waals surface area contributed by atoms with Gasteiger partial charge in [0.05, 0.1) is 11.2 Å². The first-order valence-corrected chi connectivity index (χ1v) is 5.83. The van der Waals surface area contributed by atoms with E-state index in [9.17, 15) is 4.79 Å². The van der Waals surface area contributed by atoms with Crippen molar-refractivity contribution in [2.45, 2.75) is 0 Å². The zero-order chi connectivity index (χ0) is 13.2. The van der Waals surface area contributed by atoms with E-state index in [1.807, 2.05) is 30.3 Å². The zero-order valence-corrected chi connectivity index (χ0v) is 10.1. The summed E-state index contributed by atoms with van der Waals surface area (Å²) in [7, 11) is 0. The van der Waals surface area contributed by atoms with Crippen LogP contribution in [0.4, 0.5) is 11.4 Å². The van der Waals surface area contributed by atoms with Crippen molar-refractivity contribution in [3.05, 3.63) is 54.5 Å². The number of carbonyl (C=O) groups excluding carboxylic acids is 1. The lowest BCUT2D eigenvalue weighted by molar-refractivity contribution is 0.102. The second-order valence-electron chi connectivity index (χ2n) is 4.18. The molecule has 4 N–H and O–H groups in total. The van der Waals surface area contributed by atoms with Crippen molar-refractivity contribution in [3.8, 4) is 0 Å². The summed E-state index contributed by atoms with van der Waals surface area (Å²) >= 11 is 0. The van der Waals surface area contributed by atoms with Gasteiger partial charge in [-0.05, 0) is 18.2 Å². The van der Waals surface area contributed by atoms with E-state index in [2.05, 4.69) is 15.3 Å². The highest BCUT2D eigenvalue weighted by atomic mass is 16.1. The van der Waals surface area contributed by atoms with E-state index in [4.69, 9.17) is 5.73 Å². The molecule has 3 rings (SSSR count). The van der Waals surface area contributed by atoms with Gasteiger partial charge in [0.2, 0.25) is 0 Å². The number of hydrogen-bond donors (Lipinski definition) is 3. The standard InChI is InChI=1S/C14H12N4O/c15-10-7-12(17-8-10)14(19)18-11-5-1-3-9-4-2-6-16-13(9)11/h1-8,17H,15H2,(H,18,19). The Hall–Kier alpha value is -2.82. The molecular weight excluding hydrogens is 240 g/mol. The van der Waals surface area contributed by atoms with E-state index in [0.717, 1.165) is 10.9 Å². The van der Waals surface area contributed by atoms with Crippen LogP contribution in [0.1, 0.15) is 10.5 Å². The number of fused-ring (bicyclic) bond motifs is 1. The minimum absolute atomic E-state index is 0.241. The molecule has 94 valence electrons. The van der Waals surface area contributed by atoms with Crippen LogP contribution < -0.4 is 11.1 Å². The smallest absolute Gasteiger partial charge is 0.272 e. The molecule has 0 unspecified atom stereocenters. The van der Waals surface area contributed by atoms with Crippen LogP contribution in [0.2, 0.25) is 0 Å². The van der Waals surface area contributed by atoms with Crippen molar-refractivity contribution in [1.82, 2.24) is 9.97 Å². The highest BCUT2D eigenvalue weighted by Crippen LogP contribution is 2.21. The van der Waals surface area contributed by atoms with E-state index in [1.165, 1.54) is 0 Å². The third-order valence-corrected chi connectivity index (χ3v) is 2.83. The first-order valence-electron chi connectivity index (χ1n) is 5.83. The summed E-state index contributed by atoms with van der Waals surface area (Å²) in [5.74, 6) is -0.241. The maximum Gasteiger partial charge on any atom is 0.272 e. The number of para-hydroxylation sites is 1. The number of hydrogen-bond acceptors (Lipinski definition) is 3. The van der Waals surface area contributed by atoms with E-state index in [0.29, 0.717) is 17.1 Å². The number of nitrogens with zero attached hydrogens (tertiary/aromatic N) is 1. The largest absolute Gasteiger partial charge is 0.397 e. The van der Waals surface area contributed by atoms with Gasteiger partial charge in [-0.1, -0.05) is 18.2 Å². The van der Waals surface area contributed by atoms with Crippen molar-refractivity contribution in [1.29, 1.82) is 0 Å². The molecule has 0 saturated carbocycles. The maximum absolute atomic E-state index is 12.0. The molecule has 5 heteroatoms. The molecule has 0 aliphatic rings. The number of nitrogens with two attached hydrogens (primary N) is 1. The predicted molar refractivity (Wildman–Crippen MR) is 74.9 cm³/mol. The third kappa shape index (κ3) is 2.13. The van der Waals surface area contributed by atoms with Crippen LogP contribution >= 0.6 is 0 Å². The summed E-state index contributed by atoms with van der Waals surface area (Å²) in [5, 5.41) is 3.80. The molecule has 0 radical (unpaired) electrons. The Morgan fingerprint density at radius 3 is 2.89 bits per heavy atom. The van der Waals surface area contributed by atoms with Crippen LogP contribution in [0.5, 0.6) is 0 Å². The molecule has 2 aromatic heterocycles. The van der Waals surface area contributed by atoms with Crippen LogP contribution in [-0.2, 0) is 0 Å². The third-order valence-electron chi connectivity index (χ3n) is 2.83. The Morgan fingerprint density at radius 1 is 1.26 bits per heavy atom. The zero-order valence-electron chi connectivity index (χ0n) is 10.1. The number of H-pyrrole nitrogens is 1. The molecule has 0 bridgehead atoms. The van der Waals surface area contributed by atoms with Gasteiger partial charge in [0.25, 0.3) is 5.91 Å². The van der Waals surface area contributed by atoms with Gasteiger partial charge in [-0.15, -0.1) is 0 Å². The SMILES string of the molecule is Nc1c[nH]c(C(=O)Nc2cccc3cccnc23)c1. The fourth-order valence-electron chi connectivity index (χ4n) is 1.94. The minimum atomic E-state index is -0.241. The van der Waals surface area contributed by atoms with Crippen molar-refractivity contribution >= 4 is 28.2 Å². The molecule has 0 saturated heterocycles. The molecule has 0 atom stereocenters. The number of benzene rings is 1. The first kappa shape index (κ1) is 11.3. The fourth-order valence-corrected chi connectivity index (χ4v) is 1.94. The van der Waals surface area contributed by atoms with Crippen molar-refractivity contribution in [3.63, 3.8) is 0 Å². The summed E-state index contributed by atoms with van der Waals surface area (Å²) in [5.41, 5.74) is 7.97. The molecule has 0 aliphatic carbocycles. The second kappa shape index (κ2) is 4.45. The lowest BCUT2D eigenvalue weighted by Gasteiger charge is -2.06. The van der Waals surface area contributed by atoms with Crippen molar-refractivity contribution in [2.75, 3.05) is 11.1 Å². The van der Waals surface area contributed by atoms with Crippen LogP contribution in [-0.4, -0.2) is 15.9 Å². The maximum atomic E-state index is 12.0. The molecule has 1 amide bonds.